The summed E-state index contributed by atoms with van der Waals surface area (Å²) in [6.45, 7) is 2.54. The van der Waals surface area contributed by atoms with Crippen molar-refractivity contribution >= 4 is 39.9 Å². The number of Topliss-reactive ketones (excluding diaryl/α,β-unsaturated/α-hetero) is 1. The second kappa shape index (κ2) is 8.00. The number of rotatable bonds is 5. The lowest BCUT2D eigenvalue weighted by atomic mass is 10.1. The summed E-state index contributed by atoms with van der Waals surface area (Å²) in [4.78, 5) is 29.4. The topological polar surface area (TPSA) is 84.2 Å². The summed E-state index contributed by atoms with van der Waals surface area (Å²) in [5, 5.41) is 13.2. The summed E-state index contributed by atoms with van der Waals surface area (Å²) in [5.74, 6) is -1.52. The first-order valence-corrected chi connectivity index (χ1v) is 9.63. The first-order valence-electron chi connectivity index (χ1n) is 9.25. The highest BCUT2D eigenvalue weighted by atomic mass is 35.5. The van der Waals surface area contributed by atoms with E-state index < -0.39 is 11.7 Å². The van der Waals surface area contributed by atoms with E-state index in [1.54, 1.807) is 18.3 Å². The minimum absolute atomic E-state index is 0.0159. The number of aromatic hydroxyl groups is 1. The number of hydrogen-bond acceptors (Lipinski definition) is 4. The maximum absolute atomic E-state index is 12.9. The molecule has 4 aromatic rings. The Bertz CT molecular complexity index is 1260. The molecule has 0 fully saturated rings. The minimum atomic E-state index is -0.819. The van der Waals surface area contributed by atoms with Gasteiger partial charge in [0.2, 0.25) is 0 Å². The van der Waals surface area contributed by atoms with E-state index in [0.717, 1.165) is 16.6 Å². The first kappa shape index (κ1) is 19.7. The maximum atomic E-state index is 12.9. The number of ketones is 1. The summed E-state index contributed by atoms with van der Waals surface area (Å²) in [6.07, 6.45) is 4.49. The number of nitrogens with zero attached hydrogens (tertiary/aromatic N) is 2. The van der Waals surface area contributed by atoms with E-state index in [9.17, 15) is 14.7 Å². The summed E-state index contributed by atoms with van der Waals surface area (Å²) >= 11 is 6.01. The molecule has 6 nitrogen and oxygen atoms in total. The highest BCUT2D eigenvalue weighted by Gasteiger charge is 2.23. The van der Waals surface area contributed by atoms with E-state index in [1.807, 2.05) is 35.8 Å². The largest absolute Gasteiger partial charge is 0.508 e. The van der Waals surface area contributed by atoms with Crippen molar-refractivity contribution in [1.29, 1.82) is 0 Å². The van der Waals surface area contributed by atoms with Gasteiger partial charge in [-0.05, 0) is 36.8 Å². The number of carbonyl (C=O) groups is 2. The van der Waals surface area contributed by atoms with Crippen LogP contribution in [0.2, 0.25) is 5.02 Å². The zero-order valence-corrected chi connectivity index (χ0v) is 16.8. The van der Waals surface area contributed by atoms with Crippen LogP contribution in [0, 0.1) is 6.92 Å². The molecule has 0 saturated heterocycles. The second-order valence-corrected chi connectivity index (χ2v) is 7.40. The molecular formula is C23H18ClN3O3. The lowest BCUT2D eigenvalue weighted by molar-refractivity contribution is -0.112. The van der Waals surface area contributed by atoms with E-state index in [0.29, 0.717) is 17.6 Å². The van der Waals surface area contributed by atoms with Crippen LogP contribution in [0.25, 0.3) is 10.9 Å². The number of pyridine rings is 1. The van der Waals surface area contributed by atoms with Crippen molar-refractivity contribution in [2.24, 2.45) is 0 Å². The smallest absolute Gasteiger partial charge is 0.296 e. The number of hydrogen-bond donors (Lipinski definition) is 2. The number of carbonyl (C=O) groups excluding carboxylic acids is 2. The van der Waals surface area contributed by atoms with Crippen LogP contribution in [-0.2, 0) is 11.3 Å². The number of anilines is 1. The monoisotopic (exact) mass is 419 g/mol. The number of phenolic OH excluding ortho intramolecular Hbond substituents is 1. The van der Waals surface area contributed by atoms with Crippen LogP contribution >= 0.6 is 11.6 Å². The molecule has 7 heteroatoms. The van der Waals surface area contributed by atoms with Crippen molar-refractivity contribution in [3.05, 3.63) is 88.8 Å². The van der Waals surface area contributed by atoms with Crippen LogP contribution in [0.4, 0.5) is 5.69 Å². The van der Waals surface area contributed by atoms with Gasteiger partial charge < -0.3 is 15.0 Å². The van der Waals surface area contributed by atoms with Crippen molar-refractivity contribution < 1.29 is 14.7 Å². The molecule has 0 aliphatic heterocycles. The number of phenols is 1. The van der Waals surface area contributed by atoms with Crippen LogP contribution in [0.3, 0.4) is 0 Å². The summed E-state index contributed by atoms with van der Waals surface area (Å²) < 4.78 is 1.89. The molecule has 2 N–H and O–H groups in total. The zero-order valence-electron chi connectivity index (χ0n) is 16.1. The van der Waals surface area contributed by atoms with Gasteiger partial charge in [-0.25, -0.2) is 0 Å². The van der Waals surface area contributed by atoms with Gasteiger partial charge in [-0.3, -0.25) is 14.6 Å². The molecule has 2 aromatic carbocycles. The lowest BCUT2D eigenvalue weighted by Crippen LogP contribution is -2.23. The van der Waals surface area contributed by atoms with Gasteiger partial charge >= 0.3 is 0 Å². The Morgan fingerprint density at radius 3 is 2.63 bits per heavy atom. The molecule has 0 atom stereocenters. The third-order valence-corrected chi connectivity index (χ3v) is 5.11. The van der Waals surface area contributed by atoms with E-state index in [4.69, 9.17) is 11.6 Å². The number of amides is 1. The van der Waals surface area contributed by atoms with Gasteiger partial charge in [0, 0.05) is 36.0 Å². The summed E-state index contributed by atoms with van der Waals surface area (Å²) in [6, 6.07) is 14.4. The highest BCUT2D eigenvalue weighted by molar-refractivity contribution is 6.49. The molecule has 150 valence electrons. The molecule has 0 saturated carbocycles. The SMILES string of the molecule is Cc1ccc(Cn2cc(C(=O)C(=O)Nc3ccncc3Cl)c3cc(O)ccc32)cc1. The lowest BCUT2D eigenvalue weighted by Gasteiger charge is -2.06. The van der Waals surface area contributed by atoms with Crippen molar-refractivity contribution in [2.45, 2.75) is 13.5 Å². The molecule has 2 heterocycles. The van der Waals surface area contributed by atoms with Crippen LogP contribution < -0.4 is 5.32 Å². The molecule has 0 spiro atoms. The molecule has 4 rings (SSSR count). The van der Waals surface area contributed by atoms with Gasteiger partial charge in [0.25, 0.3) is 11.7 Å². The quantitative estimate of drug-likeness (QED) is 0.366. The van der Waals surface area contributed by atoms with E-state index in [2.05, 4.69) is 10.3 Å². The third-order valence-electron chi connectivity index (χ3n) is 4.81. The molecule has 30 heavy (non-hydrogen) atoms. The van der Waals surface area contributed by atoms with Crippen LogP contribution in [0.15, 0.2) is 67.1 Å². The number of aryl methyl sites for hydroxylation is 1. The normalized spacial score (nSPS) is 10.9. The Labute approximate surface area is 177 Å². The maximum Gasteiger partial charge on any atom is 0.296 e. The van der Waals surface area contributed by atoms with Gasteiger partial charge in [-0.2, -0.15) is 0 Å². The Balaban J connectivity index is 1.70. The molecule has 0 bridgehead atoms. The van der Waals surface area contributed by atoms with Crippen LogP contribution in [-0.4, -0.2) is 26.3 Å². The van der Waals surface area contributed by atoms with E-state index in [-0.39, 0.29) is 16.3 Å². The number of fused-ring (bicyclic) bond motifs is 1. The minimum Gasteiger partial charge on any atom is -0.508 e. The van der Waals surface area contributed by atoms with Gasteiger partial charge in [-0.1, -0.05) is 41.4 Å². The Hall–Kier alpha value is -3.64. The fourth-order valence-corrected chi connectivity index (χ4v) is 3.43. The van der Waals surface area contributed by atoms with Crippen molar-refractivity contribution in [3.63, 3.8) is 0 Å². The number of halogens is 1. The first-order chi connectivity index (χ1) is 14.4. The van der Waals surface area contributed by atoms with Gasteiger partial charge in [0.15, 0.2) is 0 Å². The van der Waals surface area contributed by atoms with Gasteiger partial charge in [0.05, 0.1) is 16.3 Å². The second-order valence-electron chi connectivity index (χ2n) is 7.00. The number of benzene rings is 2. The van der Waals surface area contributed by atoms with Crippen molar-refractivity contribution in [2.75, 3.05) is 5.32 Å². The Kier molecular flexibility index (Phi) is 5.25. The fraction of sp³-hybridized carbons (Fsp3) is 0.0870. The molecule has 0 radical (unpaired) electrons. The standard InChI is InChI=1S/C23H18ClN3O3/c1-14-2-4-15(5-3-14)12-27-13-18(17-10-16(28)6-7-21(17)27)22(29)23(30)26-20-8-9-25-11-19(20)24/h2-11,13,28H,12H2,1H3,(H,25,26,30). The molecule has 0 aliphatic carbocycles. The average Bonchev–Trinajstić information content (AvgIpc) is 3.08. The van der Waals surface area contributed by atoms with Crippen LogP contribution in [0.5, 0.6) is 5.75 Å². The Morgan fingerprint density at radius 2 is 1.90 bits per heavy atom. The predicted molar refractivity (Wildman–Crippen MR) is 116 cm³/mol. The molecular weight excluding hydrogens is 402 g/mol. The number of aromatic nitrogens is 2. The number of nitrogens with one attached hydrogen (secondary N) is 1. The summed E-state index contributed by atoms with van der Waals surface area (Å²) in [7, 11) is 0. The predicted octanol–water partition coefficient (Wildman–Crippen LogP) is 4.57. The molecule has 1 amide bonds. The highest BCUT2D eigenvalue weighted by Crippen LogP contribution is 2.27. The van der Waals surface area contributed by atoms with Crippen molar-refractivity contribution in [1.82, 2.24) is 9.55 Å². The third kappa shape index (κ3) is 3.90. The fourth-order valence-electron chi connectivity index (χ4n) is 3.27. The van der Waals surface area contributed by atoms with Crippen LogP contribution in [0.1, 0.15) is 21.5 Å². The van der Waals surface area contributed by atoms with E-state index >= 15 is 0 Å². The van der Waals surface area contributed by atoms with Gasteiger partial charge in [0.1, 0.15) is 5.75 Å². The summed E-state index contributed by atoms with van der Waals surface area (Å²) in [5.41, 5.74) is 3.46. The molecule has 0 aliphatic rings. The average molecular weight is 420 g/mol. The molecule has 0 unspecified atom stereocenters. The zero-order chi connectivity index (χ0) is 21.3. The Morgan fingerprint density at radius 1 is 1.13 bits per heavy atom. The van der Waals surface area contributed by atoms with Crippen molar-refractivity contribution in [3.8, 4) is 5.75 Å². The van der Waals surface area contributed by atoms with Gasteiger partial charge in [-0.15, -0.1) is 0 Å². The molecule has 2 aromatic heterocycles. The van der Waals surface area contributed by atoms with E-state index in [1.165, 1.54) is 24.5 Å².